The second-order valence-electron chi connectivity index (χ2n) is 4.17. The number of hydrogen-bond donors (Lipinski definition) is 3. The molecule has 0 amide bonds. The van der Waals surface area contributed by atoms with Crippen molar-refractivity contribution in [3.8, 4) is 0 Å². The van der Waals surface area contributed by atoms with Crippen LogP contribution < -0.4 is 11.5 Å². The maximum atomic E-state index is 5.80. The Hall–Kier alpha value is -2.56. The Morgan fingerprint density at radius 2 is 1.83 bits per heavy atom. The van der Waals surface area contributed by atoms with Gasteiger partial charge >= 0.3 is 0 Å². The third-order valence-corrected chi connectivity index (χ3v) is 2.89. The molecule has 2 aromatic heterocycles. The predicted molar refractivity (Wildman–Crippen MR) is 72.0 cm³/mol. The summed E-state index contributed by atoms with van der Waals surface area (Å²) in [6.07, 6.45) is 2.69. The molecule has 0 saturated carbocycles. The van der Waals surface area contributed by atoms with Crippen LogP contribution in [0, 0.1) is 0 Å². The SMILES string of the molecule is Nc1nc(N)c2[nH]cc(Cc3ccccc3)c2n1. The van der Waals surface area contributed by atoms with Crippen LogP contribution in [-0.2, 0) is 6.42 Å². The summed E-state index contributed by atoms with van der Waals surface area (Å²) < 4.78 is 0. The molecule has 5 heteroatoms. The molecule has 0 radical (unpaired) electrons. The van der Waals surface area contributed by atoms with Crippen molar-refractivity contribution >= 4 is 22.8 Å². The summed E-state index contributed by atoms with van der Waals surface area (Å²) in [6, 6.07) is 10.2. The van der Waals surface area contributed by atoms with Crippen molar-refractivity contribution in [2.75, 3.05) is 11.5 Å². The molecular weight excluding hydrogens is 226 g/mol. The van der Waals surface area contributed by atoms with E-state index in [1.807, 2.05) is 24.4 Å². The van der Waals surface area contributed by atoms with Crippen LogP contribution in [0.4, 0.5) is 11.8 Å². The first-order valence-corrected chi connectivity index (χ1v) is 5.67. The van der Waals surface area contributed by atoms with E-state index in [-0.39, 0.29) is 5.95 Å². The Kier molecular flexibility index (Phi) is 2.37. The van der Waals surface area contributed by atoms with Crippen LogP contribution in [0.1, 0.15) is 11.1 Å². The smallest absolute Gasteiger partial charge is 0.222 e. The summed E-state index contributed by atoms with van der Waals surface area (Å²) in [7, 11) is 0. The molecular formula is C13H13N5. The van der Waals surface area contributed by atoms with Crippen molar-refractivity contribution in [2.24, 2.45) is 0 Å². The van der Waals surface area contributed by atoms with E-state index in [2.05, 4.69) is 27.1 Å². The maximum absolute atomic E-state index is 5.80. The number of hydrogen-bond acceptors (Lipinski definition) is 4. The van der Waals surface area contributed by atoms with Gasteiger partial charge in [-0.15, -0.1) is 0 Å². The van der Waals surface area contributed by atoms with Crippen molar-refractivity contribution in [3.05, 3.63) is 47.7 Å². The zero-order valence-corrected chi connectivity index (χ0v) is 9.72. The third-order valence-electron chi connectivity index (χ3n) is 2.89. The molecule has 0 atom stereocenters. The summed E-state index contributed by atoms with van der Waals surface area (Å²) in [5.74, 6) is 0.589. The highest BCUT2D eigenvalue weighted by Gasteiger charge is 2.10. The lowest BCUT2D eigenvalue weighted by molar-refractivity contribution is 1.19. The molecule has 90 valence electrons. The standard InChI is InChI=1S/C13H13N5/c14-12-11-10(17-13(15)18-12)9(7-16-11)6-8-4-2-1-3-5-8/h1-5,7,16H,6H2,(H4,14,15,17,18). The number of rotatable bonds is 2. The van der Waals surface area contributed by atoms with Crippen LogP contribution >= 0.6 is 0 Å². The first kappa shape index (κ1) is 10.6. The lowest BCUT2D eigenvalue weighted by Crippen LogP contribution is -2.00. The van der Waals surface area contributed by atoms with E-state index in [9.17, 15) is 0 Å². The number of H-pyrrole nitrogens is 1. The molecule has 0 fully saturated rings. The molecule has 18 heavy (non-hydrogen) atoms. The quantitative estimate of drug-likeness (QED) is 0.634. The summed E-state index contributed by atoms with van der Waals surface area (Å²) >= 11 is 0. The highest BCUT2D eigenvalue weighted by Crippen LogP contribution is 2.23. The number of nitrogens with zero attached hydrogens (tertiary/aromatic N) is 2. The largest absolute Gasteiger partial charge is 0.382 e. The Morgan fingerprint density at radius 1 is 1.06 bits per heavy atom. The summed E-state index contributed by atoms with van der Waals surface area (Å²) in [5.41, 5.74) is 15.3. The highest BCUT2D eigenvalue weighted by molar-refractivity contribution is 5.88. The van der Waals surface area contributed by atoms with Crippen molar-refractivity contribution in [1.29, 1.82) is 0 Å². The van der Waals surface area contributed by atoms with E-state index < -0.39 is 0 Å². The van der Waals surface area contributed by atoms with Gasteiger partial charge in [0.1, 0.15) is 5.52 Å². The number of fused-ring (bicyclic) bond motifs is 1. The zero-order chi connectivity index (χ0) is 12.5. The van der Waals surface area contributed by atoms with Crippen LogP contribution in [0.3, 0.4) is 0 Å². The minimum atomic E-state index is 0.203. The Morgan fingerprint density at radius 3 is 2.61 bits per heavy atom. The number of aromatic amines is 1. The molecule has 0 saturated heterocycles. The number of nitrogens with two attached hydrogens (primary N) is 2. The average molecular weight is 239 g/mol. The average Bonchev–Trinajstić information content (AvgIpc) is 2.74. The molecule has 5 N–H and O–H groups in total. The van der Waals surface area contributed by atoms with E-state index >= 15 is 0 Å². The first-order valence-electron chi connectivity index (χ1n) is 5.67. The molecule has 5 nitrogen and oxygen atoms in total. The van der Waals surface area contributed by atoms with Crippen LogP contribution in [-0.4, -0.2) is 15.0 Å². The molecule has 0 aliphatic heterocycles. The molecule has 0 bridgehead atoms. The van der Waals surface area contributed by atoms with Gasteiger partial charge in [-0.2, -0.15) is 4.98 Å². The minimum Gasteiger partial charge on any atom is -0.382 e. The summed E-state index contributed by atoms with van der Waals surface area (Å²) in [4.78, 5) is 11.3. The minimum absolute atomic E-state index is 0.203. The Labute approximate surface area is 104 Å². The molecule has 2 heterocycles. The number of anilines is 2. The van der Waals surface area contributed by atoms with Crippen LogP contribution in [0.25, 0.3) is 11.0 Å². The lowest BCUT2D eigenvalue weighted by Gasteiger charge is -2.01. The summed E-state index contributed by atoms with van der Waals surface area (Å²) in [5, 5.41) is 0. The number of benzene rings is 1. The zero-order valence-electron chi connectivity index (χ0n) is 9.72. The Balaban J connectivity index is 2.08. The van der Waals surface area contributed by atoms with Gasteiger partial charge in [0.05, 0.1) is 5.52 Å². The molecule has 3 aromatic rings. The van der Waals surface area contributed by atoms with Gasteiger partial charge in [-0.3, -0.25) is 0 Å². The molecule has 1 aromatic carbocycles. The number of nitrogens with one attached hydrogen (secondary N) is 1. The van der Waals surface area contributed by atoms with Gasteiger partial charge in [0, 0.05) is 18.2 Å². The van der Waals surface area contributed by atoms with Gasteiger partial charge in [0.15, 0.2) is 5.82 Å². The molecule has 0 aliphatic carbocycles. The first-order chi connectivity index (χ1) is 8.74. The normalized spacial score (nSPS) is 10.9. The van der Waals surface area contributed by atoms with Crippen molar-refractivity contribution in [2.45, 2.75) is 6.42 Å². The fourth-order valence-electron chi connectivity index (χ4n) is 2.05. The maximum Gasteiger partial charge on any atom is 0.222 e. The molecule has 0 unspecified atom stereocenters. The van der Waals surface area contributed by atoms with Gasteiger partial charge in [-0.05, 0) is 5.56 Å². The van der Waals surface area contributed by atoms with Crippen molar-refractivity contribution in [1.82, 2.24) is 15.0 Å². The summed E-state index contributed by atoms with van der Waals surface area (Å²) in [6.45, 7) is 0. The van der Waals surface area contributed by atoms with Crippen molar-refractivity contribution in [3.63, 3.8) is 0 Å². The van der Waals surface area contributed by atoms with Crippen molar-refractivity contribution < 1.29 is 0 Å². The number of aromatic nitrogens is 3. The second-order valence-corrected chi connectivity index (χ2v) is 4.17. The van der Waals surface area contributed by atoms with E-state index in [1.165, 1.54) is 5.56 Å². The van der Waals surface area contributed by atoms with Gasteiger partial charge in [0.25, 0.3) is 0 Å². The lowest BCUT2D eigenvalue weighted by atomic mass is 10.1. The van der Waals surface area contributed by atoms with Crippen LogP contribution in [0.15, 0.2) is 36.5 Å². The highest BCUT2D eigenvalue weighted by atomic mass is 15.1. The second kappa shape index (κ2) is 4.03. The van der Waals surface area contributed by atoms with Gasteiger partial charge in [-0.1, -0.05) is 30.3 Å². The van der Waals surface area contributed by atoms with E-state index in [0.29, 0.717) is 5.82 Å². The van der Waals surface area contributed by atoms with E-state index in [0.717, 1.165) is 23.0 Å². The predicted octanol–water partition coefficient (Wildman–Crippen LogP) is 1.71. The topological polar surface area (TPSA) is 93.6 Å². The fourth-order valence-corrected chi connectivity index (χ4v) is 2.05. The fraction of sp³-hybridized carbons (Fsp3) is 0.0769. The monoisotopic (exact) mass is 239 g/mol. The number of nitrogen functional groups attached to an aromatic ring is 2. The van der Waals surface area contributed by atoms with E-state index in [4.69, 9.17) is 11.5 Å². The third kappa shape index (κ3) is 1.75. The van der Waals surface area contributed by atoms with Gasteiger partial charge in [0.2, 0.25) is 5.95 Å². The van der Waals surface area contributed by atoms with Crippen LogP contribution in [0.5, 0.6) is 0 Å². The molecule has 0 aliphatic rings. The molecule has 3 rings (SSSR count). The van der Waals surface area contributed by atoms with Gasteiger partial charge in [-0.25, -0.2) is 4.98 Å². The van der Waals surface area contributed by atoms with Gasteiger partial charge < -0.3 is 16.5 Å². The van der Waals surface area contributed by atoms with E-state index in [1.54, 1.807) is 0 Å². The Bertz CT molecular complexity index is 687. The van der Waals surface area contributed by atoms with Crippen LogP contribution in [0.2, 0.25) is 0 Å². The molecule has 0 spiro atoms.